The first kappa shape index (κ1) is 23.7. The van der Waals surface area contributed by atoms with E-state index in [2.05, 4.69) is 9.88 Å². The summed E-state index contributed by atoms with van der Waals surface area (Å²) in [6, 6.07) is 25.0. The number of esters is 1. The van der Waals surface area contributed by atoms with Gasteiger partial charge in [-0.15, -0.1) is 11.3 Å². The van der Waals surface area contributed by atoms with Gasteiger partial charge in [-0.2, -0.15) is 5.10 Å². The van der Waals surface area contributed by atoms with Gasteiger partial charge in [0.1, 0.15) is 10.7 Å². The van der Waals surface area contributed by atoms with Crippen molar-refractivity contribution in [2.75, 3.05) is 12.4 Å². The van der Waals surface area contributed by atoms with Gasteiger partial charge in [-0.3, -0.25) is 0 Å². The molecule has 0 unspecified atom stereocenters. The molecule has 38 heavy (non-hydrogen) atoms. The van der Waals surface area contributed by atoms with Crippen LogP contribution in [0.15, 0.2) is 90.4 Å². The fourth-order valence-electron chi connectivity index (χ4n) is 4.98. The molecule has 0 aliphatic carbocycles. The van der Waals surface area contributed by atoms with E-state index in [1.807, 2.05) is 90.6 Å². The zero-order valence-electron chi connectivity index (χ0n) is 20.9. The van der Waals surface area contributed by atoms with Crippen LogP contribution in [0.3, 0.4) is 0 Å². The molecular formula is C29H25N5O3S. The SMILES string of the molecule is COC(=O)c1sccc1NC(=O)N1Cc2c(C)nn(-c3ccccc3)c2-n2cccc2[C@@H]1c1ccccc1. The summed E-state index contributed by atoms with van der Waals surface area (Å²) in [5.74, 6) is 0.414. The average molecular weight is 524 g/mol. The summed E-state index contributed by atoms with van der Waals surface area (Å²) in [4.78, 5) is 28.5. The largest absolute Gasteiger partial charge is 0.465 e. The molecule has 0 saturated carbocycles. The fourth-order valence-corrected chi connectivity index (χ4v) is 5.75. The normalized spacial score (nSPS) is 14.4. The van der Waals surface area contributed by atoms with E-state index in [0.29, 0.717) is 17.1 Å². The Morgan fingerprint density at radius 1 is 1.00 bits per heavy atom. The number of benzene rings is 2. The van der Waals surface area contributed by atoms with Crippen LogP contribution in [0.5, 0.6) is 0 Å². The van der Waals surface area contributed by atoms with Crippen LogP contribution in [0, 0.1) is 6.92 Å². The van der Waals surface area contributed by atoms with E-state index < -0.39 is 5.97 Å². The lowest BCUT2D eigenvalue weighted by molar-refractivity contribution is 0.0607. The Kier molecular flexibility index (Phi) is 6.05. The van der Waals surface area contributed by atoms with E-state index in [1.54, 1.807) is 16.3 Å². The van der Waals surface area contributed by atoms with E-state index >= 15 is 0 Å². The van der Waals surface area contributed by atoms with Gasteiger partial charge in [0.2, 0.25) is 0 Å². The molecule has 0 radical (unpaired) electrons. The molecule has 2 aromatic carbocycles. The lowest BCUT2D eigenvalue weighted by atomic mass is 10.0. The summed E-state index contributed by atoms with van der Waals surface area (Å²) in [5, 5.41) is 9.61. The number of carbonyl (C=O) groups is 2. The molecular weight excluding hydrogens is 498 g/mol. The van der Waals surface area contributed by atoms with Crippen molar-refractivity contribution < 1.29 is 14.3 Å². The van der Waals surface area contributed by atoms with Crippen molar-refractivity contribution in [3.8, 4) is 11.5 Å². The van der Waals surface area contributed by atoms with Crippen LogP contribution in [0.2, 0.25) is 0 Å². The van der Waals surface area contributed by atoms with Crippen molar-refractivity contribution in [3.63, 3.8) is 0 Å². The zero-order valence-corrected chi connectivity index (χ0v) is 21.7. The molecule has 5 aromatic rings. The topological polar surface area (TPSA) is 81.4 Å². The number of amides is 2. The van der Waals surface area contributed by atoms with Crippen LogP contribution in [-0.2, 0) is 11.3 Å². The molecule has 4 heterocycles. The molecule has 6 rings (SSSR count). The number of carbonyl (C=O) groups excluding carboxylic acids is 2. The van der Waals surface area contributed by atoms with E-state index in [9.17, 15) is 9.59 Å². The Morgan fingerprint density at radius 2 is 1.74 bits per heavy atom. The maximum Gasteiger partial charge on any atom is 0.350 e. The van der Waals surface area contributed by atoms with E-state index in [4.69, 9.17) is 9.84 Å². The highest BCUT2D eigenvalue weighted by molar-refractivity contribution is 7.12. The molecule has 1 aliphatic rings. The van der Waals surface area contributed by atoms with Gasteiger partial charge in [-0.1, -0.05) is 48.5 Å². The minimum absolute atomic E-state index is 0.318. The van der Waals surface area contributed by atoms with Crippen molar-refractivity contribution in [1.82, 2.24) is 19.2 Å². The summed E-state index contributed by atoms with van der Waals surface area (Å²) >= 11 is 1.23. The minimum atomic E-state index is -0.484. The van der Waals surface area contributed by atoms with E-state index in [1.165, 1.54) is 18.4 Å². The molecule has 3 aromatic heterocycles. The predicted molar refractivity (Wildman–Crippen MR) is 146 cm³/mol. The standard InChI is InChI=1S/C29H25N5O3S/c1-19-22-18-33(29(36)30-23-15-17-38-26(23)28(35)37-2)25(20-10-5-3-6-11-20)24-14-9-16-32(24)27(22)34(31-19)21-12-7-4-8-13-21/h3-17,25H,18H2,1-2H3,(H,30,36)/t25-/m0/s1. The number of nitrogens with one attached hydrogen (secondary N) is 1. The van der Waals surface area contributed by atoms with Gasteiger partial charge in [0, 0.05) is 11.8 Å². The number of aromatic nitrogens is 3. The second-order valence-electron chi connectivity index (χ2n) is 8.96. The van der Waals surface area contributed by atoms with Crippen LogP contribution in [0.25, 0.3) is 11.5 Å². The molecule has 1 atom stereocenters. The lowest BCUT2D eigenvalue weighted by Gasteiger charge is -2.31. The Hall–Kier alpha value is -4.63. The van der Waals surface area contributed by atoms with Gasteiger partial charge < -0.3 is 19.5 Å². The molecule has 8 nitrogen and oxygen atoms in total. The number of hydrogen-bond donors (Lipinski definition) is 1. The number of ether oxygens (including phenoxy) is 1. The van der Waals surface area contributed by atoms with Gasteiger partial charge in [-0.25, -0.2) is 14.3 Å². The molecule has 1 N–H and O–H groups in total. The number of thiophene rings is 1. The quantitative estimate of drug-likeness (QED) is 0.295. The third-order valence-electron chi connectivity index (χ3n) is 6.74. The highest BCUT2D eigenvalue weighted by atomic mass is 32.1. The van der Waals surface area contributed by atoms with Crippen molar-refractivity contribution in [1.29, 1.82) is 0 Å². The van der Waals surface area contributed by atoms with Crippen molar-refractivity contribution in [3.05, 3.63) is 118 Å². The Labute approximate surface area is 223 Å². The van der Waals surface area contributed by atoms with Crippen LogP contribution in [-0.4, -0.2) is 38.4 Å². The number of anilines is 1. The molecule has 1 aliphatic heterocycles. The van der Waals surface area contributed by atoms with Crippen LogP contribution in [0.1, 0.15) is 38.2 Å². The molecule has 2 amide bonds. The number of urea groups is 1. The Morgan fingerprint density at radius 3 is 2.47 bits per heavy atom. The minimum Gasteiger partial charge on any atom is -0.465 e. The van der Waals surface area contributed by atoms with Gasteiger partial charge in [0.25, 0.3) is 0 Å². The molecule has 0 saturated heterocycles. The maximum absolute atomic E-state index is 14.0. The molecule has 0 bridgehead atoms. The Bertz CT molecular complexity index is 1620. The monoisotopic (exact) mass is 523 g/mol. The van der Waals surface area contributed by atoms with Gasteiger partial charge in [0.15, 0.2) is 0 Å². The highest BCUT2D eigenvalue weighted by Crippen LogP contribution is 2.39. The maximum atomic E-state index is 14.0. The molecule has 0 spiro atoms. The van der Waals surface area contributed by atoms with Crippen LogP contribution < -0.4 is 5.32 Å². The zero-order chi connectivity index (χ0) is 26.2. The number of nitrogens with zero attached hydrogens (tertiary/aromatic N) is 4. The number of hydrogen-bond acceptors (Lipinski definition) is 5. The van der Waals surface area contributed by atoms with Crippen molar-refractivity contribution in [2.24, 2.45) is 0 Å². The van der Waals surface area contributed by atoms with Gasteiger partial charge in [0.05, 0.1) is 42.5 Å². The first-order valence-electron chi connectivity index (χ1n) is 12.2. The summed E-state index contributed by atoms with van der Waals surface area (Å²) in [7, 11) is 1.33. The average Bonchev–Trinajstić information content (AvgIpc) is 3.66. The molecule has 9 heteroatoms. The van der Waals surface area contributed by atoms with Crippen LogP contribution in [0.4, 0.5) is 10.5 Å². The third-order valence-corrected chi connectivity index (χ3v) is 7.64. The fraction of sp³-hybridized carbons (Fsp3) is 0.138. The smallest absolute Gasteiger partial charge is 0.350 e. The number of para-hydroxylation sites is 1. The molecule has 0 fully saturated rings. The summed E-state index contributed by atoms with van der Waals surface area (Å²) in [6.07, 6.45) is 2.01. The van der Waals surface area contributed by atoms with Crippen molar-refractivity contribution in [2.45, 2.75) is 19.5 Å². The van der Waals surface area contributed by atoms with Crippen molar-refractivity contribution >= 4 is 29.0 Å². The summed E-state index contributed by atoms with van der Waals surface area (Å²) < 4.78 is 8.97. The summed E-state index contributed by atoms with van der Waals surface area (Å²) in [6.45, 7) is 2.29. The van der Waals surface area contributed by atoms with Crippen LogP contribution >= 0.6 is 11.3 Å². The predicted octanol–water partition coefficient (Wildman–Crippen LogP) is 5.96. The third kappa shape index (κ3) is 3.97. The summed E-state index contributed by atoms with van der Waals surface area (Å²) in [5.41, 5.74) is 5.05. The highest BCUT2D eigenvalue weighted by Gasteiger charge is 2.36. The Balaban J connectivity index is 1.51. The van der Waals surface area contributed by atoms with E-state index in [-0.39, 0.29) is 12.1 Å². The number of aryl methyl sites for hydroxylation is 1. The number of methoxy groups -OCH3 is 1. The van der Waals surface area contributed by atoms with E-state index in [0.717, 1.165) is 34.0 Å². The molecule has 190 valence electrons. The first-order valence-corrected chi connectivity index (χ1v) is 13.0. The second kappa shape index (κ2) is 9.68. The van der Waals surface area contributed by atoms with Gasteiger partial charge in [-0.05, 0) is 48.2 Å². The second-order valence-corrected chi connectivity index (χ2v) is 9.88. The number of fused-ring (bicyclic) bond motifs is 3. The van der Waals surface area contributed by atoms with Gasteiger partial charge >= 0.3 is 12.0 Å². The first-order chi connectivity index (χ1) is 18.6. The number of rotatable bonds is 4. The lowest BCUT2D eigenvalue weighted by Crippen LogP contribution is -2.38.